The summed E-state index contributed by atoms with van der Waals surface area (Å²) in [5.74, 6) is -0.543. The summed E-state index contributed by atoms with van der Waals surface area (Å²) in [6.45, 7) is 3.13. The lowest BCUT2D eigenvalue weighted by molar-refractivity contribution is -0.138. The van der Waals surface area contributed by atoms with E-state index < -0.39 is 32.6 Å². The van der Waals surface area contributed by atoms with Crippen LogP contribution < -0.4 is 15.2 Å². The number of anilines is 1. The standard InChI is InChI=1S/C23H28ClF3N4O4S/c1-30-8-10-31(11-9-30)15-17-3-5-18(14-19(17)23(25,26)27)29-22(32)16-4-6-20(35-12-2-7-24)21(13-16)36(28,33)34/h3-6,13-14H,2,7-12,15H2,1H3,(H,29,32)(H2,28,33,34). The van der Waals surface area contributed by atoms with Gasteiger partial charge in [0.05, 0.1) is 12.2 Å². The first-order valence-electron chi connectivity index (χ1n) is 11.2. The van der Waals surface area contributed by atoms with Gasteiger partial charge in [-0.2, -0.15) is 13.2 Å². The van der Waals surface area contributed by atoms with Gasteiger partial charge in [-0.05, 0) is 49.4 Å². The van der Waals surface area contributed by atoms with Crippen LogP contribution in [0.15, 0.2) is 41.3 Å². The average molecular weight is 549 g/mol. The van der Waals surface area contributed by atoms with Crippen molar-refractivity contribution >= 4 is 33.2 Å². The van der Waals surface area contributed by atoms with Gasteiger partial charge in [0.25, 0.3) is 5.91 Å². The van der Waals surface area contributed by atoms with Gasteiger partial charge < -0.3 is 15.0 Å². The minimum absolute atomic E-state index is 0.0493. The van der Waals surface area contributed by atoms with Crippen LogP contribution in [0.1, 0.15) is 27.9 Å². The van der Waals surface area contributed by atoms with Crippen molar-refractivity contribution < 1.29 is 31.1 Å². The second kappa shape index (κ2) is 11.8. The van der Waals surface area contributed by atoms with E-state index in [4.69, 9.17) is 21.5 Å². The lowest BCUT2D eigenvalue weighted by Crippen LogP contribution is -2.44. The second-order valence-electron chi connectivity index (χ2n) is 8.50. The Morgan fingerprint density at radius 1 is 1.14 bits per heavy atom. The molecular weight excluding hydrogens is 521 g/mol. The largest absolute Gasteiger partial charge is 0.492 e. The molecule has 1 fully saturated rings. The van der Waals surface area contributed by atoms with Gasteiger partial charge >= 0.3 is 6.18 Å². The third-order valence-electron chi connectivity index (χ3n) is 5.71. The number of ether oxygens (including phenoxy) is 1. The number of halogens is 4. The molecule has 1 heterocycles. The second-order valence-corrected chi connectivity index (χ2v) is 10.4. The van der Waals surface area contributed by atoms with Crippen molar-refractivity contribution in [3.63, 3.8) is 0 Å². The molecule has 1 aliphatic rings. The number of carbonyl (C=O) groups excluding carboxylic acids is 1. The van der Waals surface area contributed by atoms with E-state index in [1.807, 2.05) is 11.9 Å². The van der Waals surface area contributed by atoms with Crippen LogP contribution >= 0.6 is 11.6 Å². The van der Waals surface area contributed by atoms with E-state index >= 15 is 0 Å². The molecule has 36 heavy (non-hydrogen) atoms. The zero-order chi connectivity index (χ0) is 26.5. The third kappa shape index (κ3) is 7.56. The number of hydrogen-bond donors (Lipinski definition) is 2. The SMILES string of the molecule is CN1CCN(Cc2ccc(NC(=O)c3ccc(OCCCCl)c(S(N)(=O)=O)c3)cc2C(F)(F)F)CC1. The van der Waals surface area contributed by atoms with Crippen LogP contribution in [0.25, 0.3) is 0 Å². The number of sulfonamides is 1. The quantitative estimate of drug-likeness (QED) is 0.368. The number of benzene rings is 2. The predicted octanol–water partition coefficient (Wildman–Crippen LogP) is 3.36. The molecular formula is C23H28ClF3N4O4S. The van der Waals surface area contributed by atoms with Crippen LogP contribution in [-0.2, 0) is 22.7 Å². The van der Waals surface area contributed by atoms with Crippen molar-refractivity contribution in [2.75, 3.05) is 51.0 Å². The van der Waals surface area contributed by atoms with Gasteiger partial charge in [0.15, 0.2) is 0 Å². The summed E-state index contributed by atoms with van der Waals surface area (Å²) in [6, 6.07) is 7.21. The van der Waals surface area contributed by atoms with Crippen LogP contribution in [0, 0.1) is 0 Å². The summed E-state index contributed by atoms with van der Waals surface area (Å²) in [7, 11) is -2.28. The Morgan fingerprint density at radius 2 is 1.83 bits per heavy atom. The van der Waals surface area contributed by atoms with Gasteiger partial charge in [0.1, 0.15) is 10.6 Å². The van der Waals surface area contributed by atoms with Crippen molar-refractivity contribution in [1.82, 2.24) is 9.80 Å². The molecule has 1 aliphatic heterocycles. The number of hydrogen-bond acceptors (Lipinski definition) is 6. The molecule has 1 amide bonds. The van der Waals surface area contributed by atoms with Crippen LogP contribution in [0.2, 0.25) is 0 Å². The molecule has 0 saturated carbocycles. The number of primary sulfonamides is 1. The van der Waals surface area contributed by atoms with Gasteiger partial charge in [-0.1, -0.05) is 6.07 Å². The van der Waals surface area contributed by atoms with Crippen LogP contribution in [0.4, 0.5) is 18.9 Å². The minimum Gasteiger partial charge on any atom is -0.492 e. The summed E-state index contributed by atoms with van der Waals surface area (Å²) in [5.41, 5.74) is -0.916. The number of nitrogens with one attached hydrogen (secondary N) is 1. The van der Waals surface area contributed by atoms with Crippen molar-refractivity contribution in [1.29, 1.82) is 0 Å². The Balaban J connectivity index is 1.82. The first-order valence-corrected chi connectivity index (χ1v) is 13.2. The molecule has 13 heteroatoms. The Labute approximate surface area is 213 Å². The molecule has 3 N–H and O–H groups in total. The monoisotopic (exact) mass is 548 g/mol. The molecule has 8 nitrogen and oxygen atoms in total. The first kappa shape index (κ1) is 28.2. The summed E-state index contributed by atoms with van der Waals surface area (Å²) in [5, 5.41) is 7.66. The fraction of sp³-hybridized carbons (Fsp3) is 0.435. The topological polar surface area (TPSA) is 105 Å². The van der Waals surface area contributed by atoms with E-state index in [2.05, 4.69) is 10.2 Å². The average Bonchev–Trinajstić information content (AvgIpc) is 2.80. The lowest BCUT2D eigenvalue weighted by Gasteiger charge is -2.33. The fourth-order valence-corrected chi connectivity index (χ4v) is 4.54. The number of nitrogens with two attached hydrogens (primary N) is 1. The number of likely N-dealkylation sites (N-methyl/N-ethyl adjacent to an activating group) is 1. The van der Waals surface area contributed by atoms with E-state index in [1.54, 1.807) is 0 Å². The number of nitrogens with zero attached hydrogens (tertiary/aromatic N) is 2. The Hall–Kier alpha value is -2.38. The molecule has 1 saturated heterocycles. The van der Waals surface area contributed by atoms with Gasteiger partial charge in [0, 0.05) is 49.9 Å². The van der Waals surface area contributed by atoms with E-state index in [9.17, 15) is 26.4 Å². The number of rotatable bonds is 9. The third-order valence-corrected chi connectivity index (χ3v) is 6.91. The van der Waals surface area contributed by atoms with Crippen LogP contribution in [0.5, 0.6) is 5.75 Å². The summed E-state index contributed by atoms with van der Waals surface area (Å²) in [4.78, 5) is 16.4. The van der Waals surface area contributed by atoms with Gasteiger partial charge in [0.2, 0.25) is 10.0 Å². The Bertz CT molecular complexity index is 1190. The van der Waals surface area contributed by atoms with Crippen molar-refractivity contribution in [2.45, 2.75) is 24.0 Å². The molecule has 0 aromatic heterocycles. The highest BCUT2D eigenvalue weighted by molar-refractivity contribution is 7.89. The molecule has 0 bridgehead atoms. The molecule has 0 aliphatic carbocycles. The highest BCUT2D eigenvalue weighted by Crippen LogP contribution is 2.35. The molecule has 2 aromatic rings. The van der Waals surface area contributed by atoms with Crippen LogP contribution in [0.3, 0.4) is 0 Å². The molecule has 3 rings (SSSR count). The lowest BCUT2D eigenvalue weighted by atomic mass is 10.0. The molecule has 0 atom stereocenters. The van der Waals surface area contributed by atoms with Gasteiger partial charge in [-0.25, -0.2) is 13.6 Å². The smallest absolute Gasteiger partial charge is 0.416 e. The van der Waals surface area contributed by atoms with E-state index in [0.717, 1.165) is 25.2 Å². The van der Waals surface area contributed by atoms with Crippen molar-refractivity contribution in [3.05, 3.63) is 53.1 Å². The number of alkyl halides is 4. The zero-order valence-electron chi connectivity index (χ0n) is 19.6. The fourth-order valence-electron chi connectivity index (χ4n) is 3.73. The zero-order valence-corrected chi connectivity index (χ0v) is 21.2. The maximum Gasteiger partial charge on any atom is 0.416 e. The molecule has 0 radical (unpaired) electrons. The number of amides is 1. The van der Waals surface area contributed by atoms with Gasteiger partial charge in [-0.15, -0.1) is 11.6 Å². The van der Waals surface area contributed by atoms with Gasteiger partial charge in [-0.3, -0.25) is 9.69 Å². The maximum atomic E-state index is 13.8. The summed E-state index contributed by atoms with van der Waals surface area (Å²) in [6.07, 6.45) is -4.16. The van der Waals surface area contributed by atoms with E-state index in [0.29, 0.717) is 25.4 Å². The van der Waals surface area contributed by atoms with Crippen LogP contribution in [-0.4, -0.2) is 69.8 Å². The molecule has 0 unspecified atom stereocenters. The van der Waals surface area contributed by atoms with E-state index in [-0.39, 0.29) is 35.7 Å². The molecule has 0 spiro atoms. The summed E-state index contributed by atoms with van der Waals surface area (Å²) < 4.78 is 70.8. The predicted molar refractivity (Wildman–Crippen MR) is 131 cm³/mol. The minimum atomic E-state index is -4.62. The highest BCUT2D eigenvalue weighted by Gasteiger charge is 2.34. The molecule has 198 valence electrons. The highest BCUT2D eigenvalue weighted by atomic mass is 35.5. The summed E-state index contributed by atoms with van der Waals surface area (Å²) >= 11 is 5.59. The first-order chi connectivity index (χ1) is 16.9. The normalized spacial score (nSPS) is 15.6. The van der Waals surface area contributed by atoms with Crippen molar-refractivity contribution in [3.8, 4) is 5.75 Å². The Kier molecular flexibility index (Phi) is 9.23. The van der Waals surface area contributed by atoms with Crippen molar-refractivity contribution in [2.24, 2.45) is 5.14 Å². The molecule has 2 aromatic carbocycles. The maximum absolute atomic E-state index is 13.8. The number of carbonyl (C=O) groups is 1. The Morgan fingerprint density at radius 3 is 2.44 bits per heavy atom. The van der Waals surface area contributed by atoms with E-state index in [1.165, 1.54) is 24.3 Å². The number of piperazine rings is 1.